The van der Waals surface area contributed by atoms with Crippen LogP contribution in [0.15, 0.2) is 47.8 Å². The maximum absolute atomic E-state index is 12.9. The van der Waals surface area contributed by atoms with Crippen LogP contribution in [0, 0.1) is 0 Å². The van der Waals surface area contributed by atoms with Crippen LogP contribution >= 0.6 is 0 Å². The van der Waals surface area contributed by atoms with E-state index in [2.05, 4.69) is 24.8 Å². The molecule has 1 atom stereocenters. The minimum atomic E-state index is -3.86. The first-order valence-corrected chi connectivity index (χ1v) is 11.4. The van der Waals surface area contributed by atoms with Gasteiger partial charge in [0.15, 0.2) is 17.5 Å². The standard InChI is InChI=1S/C20H25N7O3S/c1-20(2,28)10-15(26-31(29,30)14-6-4-3-5-7-14)16-11-22-17(21)19(24-16)27-12-23-18(25-27)13-8-9-13/h3-7,11-13,15,26,28H,8-10H2,1-2H3,(H2,21,22). The van der Waals surface area contributed by atoms with Crippen LogP contribution in [0.3, 0.4) is 0 Å². The molecule has 0 bridgehead atoms. The summed E-state index contributed by atoms with van der Waals surface area (Å²) in [6, 6.07) is 7.17. The van der Waals surface area contributed by atoms with Crippen molar-refractivity contribution in [1.82, 2.24) is 29.5 Å². The number of nitrogen functional groups attached to an aromatic ring is 1. The minimum Gasteiger partial charge on any atom is -0.390 e. The minimum absolute atomic E-state index is 0.0712. The lowest BCUT2D eigenvalue weighted by atomic mass is 9.98. The van der Waals surface area contributed by atoms with Crippen molar-refractivity contribution in [2.45, 2.75) is 55.6 Å². The van der Waals surface area contributed by atoms with E-state index in [4.69, 9.17) is 5.73 Å². The predicted molar refractivity (Wildman–Crippen MR) is 114 cm³/mol. The topological polar surface area (TPSA) is 149 Å². The molecule has 4 N–H and O–H groups in total. The Morgan fingerprint density at radius 1 is 1.26 bits per heavy atom. The number of sulfonamides is 1. The number of nitrogens with two attached hydrogens (primary N) is 1. The van der Waals surface area contributed by atoms with Crippen LogP contribution < -0.4 is 10.5 Å². The lowest BCUT2D eigenvalue weighted by Crippen LogP contribution is -2.35. The number of hydrogen-bond acceptors (Lipinski definition) is 8. The zero-order valence-corrected chi connectivity index (χ0v) is 18.1. The molecule has 0 radical (unpaired) electrons. The third-order valence-electron chi connectivity index (χ3n) is 4.88. The fraction of sp³-hybridized carbons (Fsp3) is 0.400. The largest absolute Gasteiger partial charge is 0.390 e. The van der Waals surface area contributed by atoms with Crippen molar-refractivity contribution in [2.24, 2.45) is 0 Å². The van der Waals surface area contributed by atoms with Crippen molar-refractivity contribution in [3.8, 4) is 5.82 Å². The molecule has 31 heavy (non-hydrogen) atoms. The van der Waals surface area contributed by atoms with Crippen molar-refractivity contribution in [1.29, 1.82) is 0 Å². The zero-order valence-electron chi connectivity index (χ0n) is 17.3. The second kappa shape index (κ2) is 7.98. The van der Waals surface area contributed by atoms with Gasteiger partial charge in [0.2, 0.25) is 10.0 Å². The smallest absolute Gasteiger partial charge is 0.241 e. The second-order valence-electron chi connectivity index (χ2n) is 8.33. The van der Waals surface area contributed by atoms with E-state index in [0.717, 1.165) is 18.7 Å². The Balaban J connectivity index is 1.69. The lowest BCUT2D eigenvalue weighted by Gasteiger charge is -2.25. The van der Waals surface area contributed by atoms with Crippen molar-refractivity contribution >= 4 is 15.8 Å². The Labute approximate surface area is 180 Å². The summed E-state index contributed by atoms with van der Waals surface area (Å²) in [7, 11) is -3.86. The molecule has 164 valence electrons. The molecule has 10 nitrogen and oxygen atoms in total. The summed E-state index contributed by atoms with van der Waals surface area (Å²) in [4.78, 5) is 13.1. The molecule has 2 heterocycles. The number of nitrogens with one attached hydrogen (secondary N) is 1. The predicted octanol–water partition coefficient (Wildman–Crippen LogP) is 1.70. The summed E-state index contributed by atoms with van der Waals surface area (Å²) in [6.07, 6.45) is 5.11. The average molecular weight is 444 g/mol. The van der Waals surface area contributed by atoms with Crippen molar-refractivity contribution in [3.05, 3.63) is 54.4 Å². The van der Waals surface area contributed by atoms with Crippen LogP contribution in [-0.4, -0.2) is 43.9 Å². The van der Waals surface area contributed by atoms with Crippen molar-refractivity contribution in [2.75, 3.05) is 5.73 Å². The van der Waals surface area contributed by atoms with E-state index in [9.17, 15) is 13.5 Å². The molecule has 2 aromatic heterocycles. The molecule has 1 aromatic carbocycles. The SMILES string of the molecule is CC(C)(O)CC(NS(=O)(=O)c1ccccc1)c1cnc(N)c(-n2cnc(C3CC3)n2)n1. The van der Waals surface area contributed by atoms with E-state index in [1.54, 1.807) is 32.0 Å². The van der Waals surface area contributed by atoms with E-state index >= 15 is 0 Å². The molecule has 11 heteroatoms. The number of hydrogen-bond donors (Lipinski definition) is 3. The molecule has 1 aliphatic rings. The lowest BCUT2D eigenvalue weighted by molar-refractivity contribution is 0.0612. The maximum atomic E-state index is 12.9. The molecule has 0 amide bonds. The normalized spacial score (nSPS) is 15.7. The summed E-state index contributed by atoms with van der Waals surface area (Å²) < 4.78 is 29.9. The number of benzene rings is 1. The highest BCUT2D eigenvalue weighted by atomic mass is 32.2. The molecule has 1 aliphatic carbocycles. The Kier molecular flexibility index (Phi) is 5.50. The summed E-state index contributed by atoms with van der Waals surface area (Å²) >= 11 is 0. The molecule has 1 fully saturated rings. The van der Waals surface area contributed by atoms with Crippen molar-refractivity contribution < 1.29 is 13.5 Å². The van der Waals surface area contributed by atoms with Gasteiger partial charge >= 0.3 is 0 Å². The van der Waals surface area contributed by atoms with Crippen LogP contribution in [0.1, 0.15) is 56.6 Å². The number of aromatic nitrogens is 5. The summed E-state index contributed by atoms with van der Waals surface area (Å²) in [5, 5.41) is 14.8. The number of nitrogens with zero attached hydrogens (tertiary/aromatic N) is 5. The van der Waals surface area contributed by atoms with Crippen LogP contribution in [0.2, 0.25) is 0 Å². The Morgan fingerprint density at radius 2 is 1.97 bits per heavy atom. The van der Waals surface area contributed by atoms with Crippen LogP contribution in [-0.2, 0) is 10.0 Å². The first kappa shape index (κ1) is 21.3. The molecule has 0 aliphatic heterocycles. The van der Waals surface area contributed by atoms with Gasteiger partial charge in [-0.25, -0.2) is 28.1 Å². The third kappa shape index (κ3) is 5.06. The molecule has 0 spiro atoms. The Morgan fingerprint density at radius 3 is 2.61 bits per heavy atom. The molecule has 4 rings (SSSR count). The van der Waals surface area contributed by atoms with Gasteiger partial charge < -0.3 is 10.8 Å². The van der Waals surface area contributed by atoms with Gasteiger partial charge in [0.1, 0.15) is 6.33 Å². The molecular weight excluding hydrogens is 418 g/mol. The third-order valence-corrected chi connectivity index (χ3v) is 6.37. The highest BCUT2D eigenvalue weighted by Gasteiger charge is 2.30. The van der Waals surface area contributed by atoms with Gasteiger partial charge in [-0.3, -0.25) is 0 Å². The maximum Gasteiger partial charge on any atom is 0.241 e. The van der Waals surface area contributed by atoms with Gasteiger partial charge in [0, 0.05) is 5.92 Å². The van der Waals surface area contributed by atoms with Gasteiger partial charge in [-0.2, -0.15) is 4.68 Å². The molecule has 1 saturated carbocycles. The Hall–Kier alpha value is -2.89. The van der Waals surface area contributed by atoms with Crippen LogP contribution in [0.5, 0.6) is 0 Å². The van der Waals surface area contributed by atoms with Gasteiger partial charge in [-0.15, -0.1) is 5.10 Å². The van der Waals surface area contributed by atoms with E-state index in [-0.39, 0.29) is 23.0 Å². The summed E-state index contributed by atoms with van der Waals surface area (Å²) in [5.74, 6) is 1.49. The van der Waals surface area contributed by atoms with Gasteiger partial charge in [0.25, 0.3) is 0 Å². The quantitative estimate of drug-likeness (QED) is 0.476. The average Bonchev–Trinajstić information content (AvgIpc) is 3.44. The monoisotopic (exact) mass is 443 g/mol. The highest BCUT2D eigenvalue weighted by molar-refractivity contribution is 7.89. The van der Waals surface area contributed by atoms with Crippen molar-refractivity contribution in [3.63, 3.8) is 0 Å². The molecule has 1 unspecified atom stereocenters. The summed E-state index contributed by atoms with van der Waals surface area (Å²) in [5.41, 5.74) is 5.16. The molecule has 0 saturated heterocycles. The number of aliphatic hydroxyl groups is 1. The first-order valence-electron chi connectivity index (χ1n) is 9.96. The summed E-state index contributed by atoms with van der Waals surface area (Å²) in [6.45, 7) is 3.20. The van der Waals surface area contributed by atoms with E-state index in [1.165, 1.54) is 29.3 Å². The fourth-order valence-corrected chi connectivity index (χ4v) is 4.44. The van der Waals surface area contributed by atoms with Gasteiger partial charge in [0.05, 0.1) is 28.4 Å². The molecule has 3 aromatic rings. The van der Waals surface area contributed by atoms with Gasteiger partial charge in [-0.05, 0) is 45.2 Å². The Bertz CT molecular complexity index is 1170. The van der Waals surface area contributed by atoms with Crippen LogP contribution in [0.25, 0.3) is 5.82 Å². The van der Waals surface area contributed by atoms with Gasteiger partial charge in [-0.1, -0.05) is 18.2 Å². The highest BCUT2D eigenvalue weighted by Crippen LogP contribution is 2.38. The zero-order chi connectivity index (χ0) is 22.2. The number of rotatable bonds is 8. The van der Waals surface area contributed by atoms with Crippen LogP contribution in [0.4, 0.5) is 5.82 Å². The second-order valence-corrected chi connectivity index (χ2v) is 10.0. The molecular formula is C20H25N7O3S. The fourth-order valence-electron chi connectivity index (χ4n) is 3.21. The van der Waals surface area contributed by atoms with E-state index in [1.807, 2.05) is 0 Å². The van der Waals surface area contributed by atoms with E-state index in [0.29, 0.717) is 11.6 Å². The first-order chi connectivity index (χ1) is 14.6. The number of anilines is 1. The van der Waals surface area contributed by atoms with E-state index < -0.39 is 21.7 Å².